The Bertz CT molecular complexity index is 768. The molecule has 21 heavy (non-hydrogen) atoms. The van der Waals surface area contributed by atoms with E-state index in [0.717, 1.165) is 32.0 Å². The summed E-state index contributed by atoms with van der Waals surface area (Å²) in [6.07, 6.45) is 1.66. The topological polar surface area (TPSA) is 51.0 Å². The number of furan rings is 1. The minimum atomic E-state index is 0.671. The molecule has 1 N–H and O–H groups in total. The molecule has 2 heterocycles. The molecule has 0 unspecified atom stereocenters. The molecule has 4 nitrogen and oxygen atoms in total. The molecule has 2 aromatic heterocycles. The molecule has 0 aliphatic heterocycles. The highest BCUT2D eigenvalue weighted by Crippen LogP contribution is 2.31. The number of nitrogens with one attached hydrogen (secondary N) is 1. The Morgan fingerprint density at radius 1 is 1.10 bits per heavy atom. The molecule has 0 amide bonds. The maximum atomic E-state index is 5.37. The summed E-state index contributed by atoms with van der Waals surface area (Å²) in [5.41, 5.74) is 2.91. The molecule has 0 fully saturated rings. The Labute approximate surface area is 136 Å². The maximum Gasteiger partial charge on any atom is 0.165 e. The summed E-state index contributed by atoms with van der Waals surface area (Å²) in [7, 11) is 1.87. The Kier molecular flexibility index (Phi) is 3.92. The minimum Gasteiger partial charge on any atom is -0.469 e. The van der Waals surface area contributed by atoms with Gasteiger partial charge in [-0.3, -0.25) is 0 Å². The predicted molar refractivity (Wildman–Crippen MR) is 92.2 cm³/mol. The molecule has 3 aromatic rings. The molecule has 0 saturated carbocycles. The number of anilines is 1. The molecule has 0 atom stereocenters. The average molecular weight is 391 g/mol. The van der Waals surface area contributed by atoms with Crippen molar-refractivity contribution in [1.29, 1.82) is 0 Å². The summed E-state index contributed by atoms with van der Waals surface area (Å²) in [4.78, 5) is 9.33. The lowest BCUT2D eigenvalue weighted by atomic mass is 10.1. The van der Waals surface area contributed by atoms with Crippen LogP contribution in [-0.4, -0.2) is 17.0 Å². The summed E-state index contributed by atoms with van der Waals surface area (Å²) in [6.45, 7) is 1.91. The Morgan fingerprint density at radius 3 is 2.48 bits per heavy atom. The molecule has 0 aliphatic carbocycles. The quantitative estimate of drug-likeness (QED) is 0.675. The third kappa shape index (κ3) is 2.65. The summed E-state index contributed by atoms with van der Waals surface area (Å²) >= 11 is 2.28. The number of aromatic nitrogens is 2. The van der Waals surface area contributed by atoms with Crippen LogP contribution in [0.2, 0.25) is 0 Å². The van der Waals surface area contributed by atoms with Crippen molar-refractivity contribution in [2.24, 2.45) is 0 Å². The van der Waals surface area contributed by atoms with Crippen LogP contribution in [0.25, 0.3) is 22.6 Å². The van der Waals surface area contributed by atoms with Gasteiger partial charge in [0.1, 0.15) is 11.6 Å². The van der Waals surface area contributed by atoms with E-state index in [0.29, 0.717) is 5.82 Å². The van der Waals surface area contributed by atoms with Gasteiger partial charge in [0.2, 0.25) is 0 Å². The van der Waals surface area contributed by atoms with Crippen molar-refractivity contribution in [3.05, 3.63) is 52.0 Å². The Balaban J connectivity index is 2.23. The minimum absolute atomic E-state index is 0.671. The molecule has 0 bridgehead atoms. The third-order valence-corrected chi connectivity index (χ3v) is 4.26. The van der Waals surface area contributed by atoms with Gasteiger partial charge < -0.3 is 9.73 Å². The van der Waals surface area contributed by atoms with Crippen LogP contribution in [0.15, 0.2) is 47.1 Å². The van der Waals surface area contributed by atoms with Gasteiger partial charge in [0.05, 0.1) is 21.1 Å². The lowest BCUT2D eigenvalue weighted by Gasteiger charge is -2.11. The smallest absolute Gasteiger partial charge is 0.165 e. The fourth-order valence-corrected chi connectivity index (χ4v) is 2.96. The molecule has 0 spiro atoms. The van der Waals surface area contributed by atoms with Crippen molar-refractivity contribution in [2.45, 2.75) is 6.92 Å². The molecule has 0 radical (unpaired) electrons. The first kappa shape index (κ1) is 14.1. The lowest BCUT2D eigenvalue weighted by molar-refractivity contribution is 0.535. The first-order valence-corrected chi connectivity index (χ1v) is 7.63. The predicted octanol–water partition coefficient (Wildman–Crippen LogP) is 4.36. The van der Waals surface area contributed by atoms with E-state index in [1.807, 2.05) is 38.2 Å². The van der Waals surface area contributed by atoms with Crippen molar-refractivity contribution in [1.82, 2.24) is 9.97 Å². The van der Waals surface area contributed by atoms with Crippen LogP contribution in [0, 0.1) is 10.5 Å². The largest absolute Gasteiger partial charge is 0.469 e. The average Bonchev–Trinajstić information content (AvgIpc) is 2.94. The standard InChI is InChI=1S/C16H14IN3O/c1-10-12(8-9-21-10)15-19-14(11-6-4-3-5-7-11)13(17)16(18-2)20-15/h3-9H,1-2H3,(H,18,19,20). The molecule has 106 valence electrons. The van der Waals surface area contributed by atoms with Crippen LogP contribution in [0.1, 0.15) is 5.76 Å². The van der Waals surface area contributed by atoms with E-state index in [1.165, 1.54) is 0 Å². The number of nitrogens with zero attached hydrogens (tertiary/aromatic N) is 2. The maximum absolute atomic E-state index is 5.37. The molecule has 0 aliphatic rings. The third-order valence-electron chi connectivity index (χ3n) is 3.23. The zero-order valence-corrected chi connectivity index (χ0v) is 13.9. The SMILES string of the molecule is CNc1nc(-c2ccoc2C)nc(-c2ccccc2)c1I. The first-order valence-electron chi connectivity index (χ1n) is 6.56. The number of benzene rings is 1. The molecule has 3 rings (SSSR count). The van der Waals surface area contributed by atoms with E-state index in [9.17, 15) is 0 Å². The van der Waals surface area contributed by atoms with Crippen molar-refractivity contribution >= 4 is 28.4 Å². The molecule has 1 aromatic carbocycles. The van der Waals surface area contributed by atoms with E-state index in [2.05, 4.69) is 45.0 Å². The monoisotopic (exact) mass is 391 g/mol. The molecule has 5 heteroatoms. The number of hydrogen-bond donors (Lipinski definition) is 1. The highest BCUT2D eigenvalue weighted by molar-refractivity contribution is 14.1. The van der Waals surface area contributed by atoms with Crippen molar-refractivity contribution in [3.63, 3.8) is 0 Å². The van der Waals surface area contributed by atoms with Gasteiger partial charge in [0.25, 0.3) is 0 Å². The van der Waals surface area contributed by atoms with Crippen molar-refractivity contribution in [3.8, 4) is 22.6 Å². The molecular weight excluding hydrogens is 377 g/mol. The number of aryl methyl sites for hydroxylation is 1. The lowest BCUT2D eigenvalue weighted by Crippen LogP contribution is -2.03. The highest BCUT2D eigenvalue weighted by atomic mass is 127. The van der Waals surface area contributed by atoms with Crippen LogP contribution in [0.5, 0.6) is 0 Å². The second-order valence-electron chi connectivity index (χ2n) is 4.56. The van der Waals surface area contributed by atoms with Gasteiger partial charge in [0, 0.05) is 12.6 Å². The number of hydrogen-bond acceptors (Lipinski definition) is 4. The first-order chi connectivity index (χ1) is 10.2. The van der Waals surface area contributed by atoms with Crippen LogP contribution in [0.3, 0.4) is 0 Å². The summed E-state index contributed by atoms with van der Waals surface area (Å²) in [5, 5.41) is 3.14. The van der Waals surface area contributed by atoms with E-state index in [4.69, 9.17) is 9.40 Å². The van der Waals surface area contributed by atoms with Gasteiger partial charge in [-0.1, -0.05) is 30.3 Å². The number of rotatable bonds is 3. The van der Waals surface area contributed by atoms with E-state index >= 15 is 0 Å². The van der Waals surface area contributed by atoms with Gasteiger partial charge in [-0.2, -0.15) is 0 Å². The summed E-state index contributed by atoms with van der Waals surface area (Å²) in [5.74, 6) is 2.31. The number of halogens is 1. The van der Waals surface area contributed by atoms with Crippen LogP contribution < -0.4 is 5.32 Å². The van der Waals surface area contributed by atoms with Gasteiger partial charge in [-0.15, -0.1) is 0 Å². The fourth-order valence-electron chi connectivity index (χ4n) is 2.14. The van der Waals surface area contributed by atoms with E-state index in [1.54, 1.807) is 6.26 Å². The highest BCUT2D eigenvalue weighted by Gasteiger charge is 2.16. The van der Waals surface area contributed by atoms with Crippen molar-refractivity contribution in [2.75, 3.05) is 12.4 Å². The second kappa shape index (κ2) is 5.85. The van der Waals surface area contributed by atoms with E-state index in [-0.39, 0.29) is 0 Å². The van der Waals surface area contributed by atoms with Crippen LogP contribution >= 0.6 is 22.6 Å². The zero-order chi connectivity index (χ0) is 14.8. The molecule has 0 saturated heterocycles. The van der Waals surface area contributed by atoms with Gasteiger partial charge >= 0.3 is 0 Å². The Hall–Kier alpha value is -1.89. The zero-order valence-electron chi connectivity index (χ0n) is 11.7. The normalized spacial score (nSPS) is 10.6. The Morgan fingerprint density at radius 2 is 1.86 bits per heavy atom. The van der Waals surface area contributed by atoms with Crippen molar-refractivity contribution < 1.29 is 4.42 Å². The fraction of sp³-hybridized carbons (Fsp3) is 0.125. The van der Waals surface area contributed by atoms with Crippen LogP contribution in [0.4, 0.5) is 5.82 Å². The summed E-state index contributed by atoms with van der Waals surface area (Å²) < 4.78 is 6.37. The van der Waals surface area contributed by atoms with E-state index < -0.39 is 0 Å². The van der Waals surface area contributed by atoms with Gasteiger partial charge in [0.15, 0.2) is 5.82 Å². The summed E-state index contributed by atoms with van der Waals surface area (Å²) in [6, 6.07) is 12.0. The second-order valence-corrected chi connectivity index (χ2v) is 5.64. The molecular formula is C16H14IN3O. The van der Waals surface area contributed by atoms with Gasteiger partial charge in [-0.05, 0) is 35.6 Å². The van der Waals surface area contributed by atoms with Crippen LogP contribution in [-0.2, 0) is 0 Å². The van der Waals surface area contributed by atoms with Gasteiger partial charge in [-0.25, -0.2) is 9.97 Å².